The van der Waals surface area contributed by atoms with Crippen molar-refractivity contribution in [2.75, 3.05) is 13.1 Å². The molecule has 2 aliphatic carbocycles. The van der Waals surface area contributed by atoms with Crippen LogP contribution in [0.4, 0.5) is 0 Å². The fourth-order valence-corrected chi connectivity index (χ4v) is 5.37. The van der Waals surface area contributed by atoms with Crippen LogP contribution in [0.1, 0.15) is 31.2 Å². The molecule has 1 amide bonds. The highest BCUT2D eigenvalue weighted by molar-refractivity contribution is 5.82. The van der Waals surface area contributed by atoms with E-state index in [0.717, 1.165) is 30.5 Å². The number of rotatable bonds is 5. The molecule has 24 heavy (non-hydrogen) atoms. The minimum Gasteiger partial charge on any atom is -0.481 e. The number of nitrogens with zero attached hydrogens (tertiary/aromatic N) is 1. The van der Waals surface area contributed by atoms with Crippen LogP contribution < -0.4 is 0 Å². The third-order valence-corrected chi connectivity index (χ3v) is 6.58. The Morgan fingerprint density at radius 1 is 1.08 bits per heavy atom. The lowest BCUT2D eigenvalue weighted by Crippen LogP contribution is -2.33. The molecule has 0 radical (unpaired) electrons. The summed E-state index contributed by atoms with van der Waals surface area (Å²) in [6.45, 7) is 1.73. The second-order valence-electron chi connectivity index (χ2n) is 7.89. The lowest BCUT2D eigenvalue weighted by molar-refractivity contribution is -0.145. The molecule has 1 heterocycles. The highest BCUT2D eigenvalue weighted by Crippen LogP contribution is 2.55. The van der Waals surface area contributed by atoms with E-state index < -0.39 is 11.9 Å². The highest BCUT2D eigenvalue weighted by atomic mass is 16.4. The number of amides is 1. The molecule has 4 nitrogen and oxygen atoms in total. The van der Waals surface area contributed by atoms with Crippen LogP contribution in [0.15, 0.2) is 30.3 Å². The van der Waals surface area contributed by atoms with Crippen molar-refractivity contribution >= 4 is 11.9 Å². The van der Waals surface area contributed by atoms with Crippen LogP contribution >= 0.6 is 0 Å². The van der Waals surface area contributed by atoms with Gasteiger partial charge in [-0.1, -0.05) is 30.3 Å². The van der Waals surface area contributed by atoms with Crippen molar-refractivity contribution in [3.63, 3.8) is 0 Å². The minimum atomic E-state index is -0.869. The molecular weight excluding hydrogens is 302 g/mol. The second kappa shape index (κ2) is 6.23. The molecule has 2 bridgehead atoms. The van der Waals surface area contributed by atoms with Crippen LogP contribution in [0, 0.1) is 29.6 Å². The van der Waals surface area contributed by atoms with E-state index in [9.17, 15) is 14.7 Å². The zero-order valence-electron chi connectivity index (χ0n) is 13.9. The monoisotopic (exact) mass is 327 g/mol. The number of carboxylic acids is 1. The zero-order chi connectivity index (χ0) is 16.7. The summed E-state index contributed by atoms with van der Waals surface area (Å²) in [5.41, 5.74) is 0.981. The van der Waals surface area contributed by atoms with E-state index in [-0.39, 0.29) is 12.3 Å². The molecule has 1 saturated heterocycles. The summed E-state index contributed by atoms with van der Waals surface area (Å²) >= 11 is 0. The van der Waals surface area contributed by atoms with Gasteiger partial charge in [-0.15, -0.1) is 0 Å². The molecule has 1 N–H and O–H groups in total. The second-order valence-corrected chi connectivity index (χ2v) is 7.89. The van der Waals surface area contributed by atoms with Gasteiger partial charge in [0, 0.05) is 19.5 Å². The van der Waals surface area contributed by atoms with Crippen molar-refractivity contribution < 1.29 is 14.7 Å². The van der Waals surface area contributed by atoms with E-state index in [1.54, 1.807) is 0 Å². The Labute approximate surface area is 142 Å². The molecule has 128 valence electrons. The first-order chi connectivity index (χ1) is 11.6. The van der Waals surface area contributed by atoms with E-state index in [1.807, 2.05) is 35.2 Å². The Morgan fingerprint density at radius 2 is 1.71 bits per heavy atom. The third-order valence-electron chi connectivity index (χ3n) is 6.58. The fourth-order valence-electron chi connectivity index (χ4n) is 5.37. The summed E-state index contributed by atoms with van der Waals surface area (Å²) in [5, 5.41) is 9.51. The molecular formula is C20H25NO3. The number of hydrogen-bond donors (Lipinski definition) is 1. The Kier molecular flexibility index (Phi) is 4.07. The van der Waals surface area contributed by atoms with E-state index in [2.05, 4.69) is 0 Å². The molecule has 0 unspecified atom stereocenters. The summed E-state index contributed by atoms with van der Waals surface area (Å²) in [4.78, 5) is 26.2. The molecule has 4 heteroatoms. The van der Waals surface area contributed by atoms with Crippen LogP contribution in [-0.2, 0) is 16.0 Å². The Bertz CT molecular complexity index is 611. The van der Waals surface area contributed by atoms with Gasteiger partial charge in [-0.2, -0.15) is 0 Å². The number of likely N-dealkylation sites (tertiary alicyclic amines) is 1. The molecule has 1 aliphatic heterocycles. The summed E-state index contributed by atoms with van der Waals surface area (Å²) in [6.07, 6.45) is 4.58. The smallest absolute Gasteiger partial charge is 0.307 e. The Morgan fingerprint density at radius 3 is 2.29 bits per heavy atom. The number of fused-ring (bicyclic) bond motifs is 5. The first kappa shape index (κ1) is 15.7. The SMILES string of the molecule is O=C(O)[C@H](CC(=O)N1C[C@@H]2[C@H]3CC[C@H](C3)[C@@H]2C1)Cc1ccccc1. The molecule has 5 atom stereocenters. The number of aliphatic carboxylic acids is 1. The standard InChI is InChI=1S/C20H25NO3/c22-19(10-16(20(23)24)8-13-4-2-1-3-5-13)21-11-17-14-6-7-15(9-14)18(17)12-21/h1-5,14-18H,6-12H2,(H,23,24)/t14-,15+,16-,17+,18-/m0/s1. The number of carbonyl (C=O) groups excluding carboxylic acids is 1. The normalized spacial score (nSPS) is 31.9. The molecule has 0 spiro atoms. The van der Waals surface area contributed by atoms with Crippen LogP contribution in [0.2, 0.25) is 0 Å². The van der Waals surface area contributed by atoms with Crippen LogP contribution in [0.5, 0.6) is 0 Å². The molecule has 3 fully saturated rings. The average Bonchev–Trinajstić information content (AvgIpc) is 3.27. The van der Waals surface area contributed by atoms with Crippen molar-refractivity contribution in [1.29, 1.82) is 0 Å². The topological polar surface area (TPSA) is 57.6 Å². The van der Waals surface area contributed by atoms with Crippen LogP contribution in [0.3, 0.4) is 0 Å². The van der Waals surface area contributed by atoms with E-state index >= 15 is 0 Å². The maximum absolute atomic E-state index is 12.7. The van der Waals surface area contributed by atoms with Gasteiger partial charge in [0.25, 0.3) is 0 Å². The Hall–Kier alpha value is -1.84. The van der Waals surface area contributed by atoms with E-state index in [4.69, 9.17) is 0 Å². The van der Waals surface area contributed by atoms with Gasteiger partial charge in [0.1, 0.15) is 0 Å². The predicted octanol–water partition coefficient (Wildman–Crippen LogP) is 2.82. The van der Waals surface area contributed by atoms with Crippen LogP contribution in [0.25, 0.3) is 0 Å². The van der Waals surface area contributed by atoms with Gasteiger partial charge in [-0.05, 0) is 54.9 Å². The summed E-state index contributed by atoms with van der Waals surface area (Å²) in [5.74, 6) is 1.54. The van der Waals surface area contributed by atoms with Crippen LogP contribution in [-0.4, -0.2) is 35.0 Å². The quantitative estimate of drug-likeness (QED) is 0.905. The number of benzene rings is 1. The summed E-state index contributed by atoms with van der Waals surface area (Å²) in [6, 6.07) is 9.60. The van der Waals surface area contributed by atoms with Gasteiger partial charge in [-0.3, -0.25) is 9.59 Å². The van der Waals surface area contributed by atoms with Gasteiger partial charge in [0.05, 0.1) is 5.92 Å². The van der Waals surface area contributed by atoms with E-state index in [0.29, 0.717) is 18.3 Å². The van der Waals surface area contributed by atoms with Crippen molar-refractivity contribution in [1.82, 2.24) is 4.90 Å². The summed E-state index contributed by atoms with van der Waals surface area (Å²) < 4.78 is 0. The summed E-state index contributed by atoms with van der Waals surface area (Å²) in [7, 11) is 0. The predicted molar refractivity (Wildman–Crippen MR) is 90.3 cm³/mol. The van der Waals surface area contributed by atoms with Crippen molar-refractivity contribution in [3.05, 3.63) is 35.9 Å². The number of carboxylic acid groups (broad SMARTS) is 1. The Balaban J connectivity index is 1.38. The first-order valence-corrected chi connectivity index (χ1v) is 9.16. The molecule has 0 aromatic heterocycles. The molecule has 1 aromatic carbocycles. The fraction of sp³-hybridized carbons (Fsp3) is 0.600. The van der Waals surface area contributed by atoms with E-state index in [1.165, 1.54) is 19.3 Å². The number of carbonyl (C=O) groups is 2. The zero-order valence-corrected chi connectivity index (χ0v) is 13.9. The highest BCUT2D eigenvalue weighted by Gasteiger charge is 2.52. The lowest BCUT2D eigenvalue weighted by atomic mass is 9.82. The van der Waals surface area contributed by atoms with Crippen molar-refractivity contribution in [2.45, 2.75) is 32.1 Å². The first-order valence-electron chi connectivity index (χ1n) is 9.16. The van der Waals surface area contributed by atoms with Gasteiger partial charge < -0.3 is 10.0 Å². The molecule has 1 aromatic rings. The maximum atomic E-state index is 12.7. The largest absolute Gasteiger partial charge is 0.481 e. The molecule has 2 saturated carbocycles. The maximum Gasteiger partial charge on any atom is 0.307 e. The van der Waals surface area contributed by atoms with Gasteiger partial charge in [-0.25, -0.2) is 0 Å². The molecule has 4 rings (SSSR count). The van der Waals surface area contributed by atoms with Gasteiger partial charge in [0.15, 0.2) is 0 Å². The minimum absolute atomic E-state index is 0.0344. The molecule has 3 aliphatic rings. The van der Waals surface area contributed by atoms with Crippen molar-refractivity contribution in [3.8, 4) is 0 Å². The van der Waals surface area contributed by atoms with Crippen molar-refractivity contribution in [2.24, 2.45) is 29.6 Å². The third kappa shape index (κ3) is 2.83. The lowest BCUT2D eigenvalue weighted by Gasteiger charge is -2.22. The van der Waals surface area contributed by atoms with Gasteiger partial charge >= 0.3 is 5.97 Å². The number of hydrogen-bond acceptors (Lipinski definition) is 2. The van der Waals surface area contributed by atoms with Gasteiger partial charge in [0.2, 0.25) is 5.91 Å². The average molecular weight is 327 g/mol.